The van der Waals surface area contributed by atoms with E-state index in [9.17, 15) is 9.90 Å². The van der Waals surface area contributed by atoms with E-state index < -0.39 is 12.0 Å². The molecule has 0 bridgehead atoms. The van der Waals surface area contributed by atoms with Crippen LogP contribution in [0.15, 0.2) is 48.5 Å². The first-order valence-electron chi connectivity index (χ1n) is 6.75. The number of hydrogen-bond acceptors (Lipinski definition) is 3. The first-order valence-corrected chi connectivity index (χ1v) is 6.75. The first-order chi connectivity index (χ1) is 10.2. The number of hydrogen-bond donors (Lipinski definition) is 1. The van der Waals surface area contributed by atoms with E-state index >= 15 is 0 Å². The van der Waals surface area contributed by atoms with Crippen LogP contribution < -0.4 is 4.90 Å². The molecule has 3 rings (SSSR count). The fourth-order valence-electron chi connectivity index (χ4n) is 2.80. The Labute approximate surface area is 122 Å². The molecular formula is C17H14N2O2. The number of anilines is 1. The number of nitrogens with zero attached hydrogens (tertiary/aromatic N) is 2. The standard InChI is InChI=1S/C17H14N2O2/c18-10-12-4-3-5-13(8-12)11-19-15-7-2-1-6-14(15)9-16(19)17(20)21/h1-8,16H,9,11H2,(H,20,21). The second-order valence-electron chi connectivity index (χ2n) is 5.13. The topological polar surface area (TPSA) is 64.3 Å². The monoisotopic (exact) mass is 278 g/mol. The van der Waals surface area contributed by atoms with Crippen LogP contribution in [0.1, 0.15) is 16.7 Å². The van der Waals surface area contributed by atoms with Crippen molar-refractivity contribution in [1.29, 1.82) is 5.26 Å². The van der Waals surface area contributed by atoms with Gasteiger partial charge in [-0.3, -0.25) is 0 Å². The molecule has 0 amide bonds. The Bertz CT molecular complexity index is 734. The van der Waals surface area contributed by atoms with Crippen molar-refractivity contribution < 1.29 is 9.90 Å². The number of para-hydroxylation sites is 1. The molecule has 0 spiro atoms. The number of carboxylic acid groups (broad SMARTS) is 1. The number of nitriles is 1. The van der Waals surface area contributed by atoms with Crippen LogP contribution in [-0.4, -0.2) is 17.1 Å². The van der Waals surface area contributed by atoms with Crippen molar-refractivity contribution >= 4 is 11.7 Å². The molecule has 4 heteroatoms. The maximum absolute atomic E-state index is 11.5. The highest BCUT2D eigenvalue weighted by atomic mass is 16.4. The summed E-state index contributed by atoms with van der Waals surface area (Å²) in [6.07, 6.45) is 0.517. The summed E-state index contributed by atoms with van der Waals surface area (Å²) in [5.41, 5.74) is 3.55. The largest absolute Gasteiger partial charge is 0.480 e. The highest BCUT2D eigenvalue weighted by Crippen LogP contribution is 2.33. The van der Waals surface area contributed by atoms with E-state index in [-0.39, 0.29) is 0 Å². The maximum atomic E-state index is 11.5. The van der Waals surface area contributed by atoms with Gasteiger partial charge in [-0.1, -0.05) is 30.3 Å². The van der Waals surface area contributed by atoms with Gasteiger partial charge in [-0.2, -0.15) is 5.26 Å². The smallest absolute Gasteiger partial charge is 0.326 e. The third kappa shape index (κ3) is 2.46. The van der Waals surface area contributed by atoms with E-state index in [2.05, 4.69) is 6.07 Å². The lowest BCUT2D eigenvalue weighted by Crippen LogP contribution is -2.38. The summed E-state index contributed by atoms with van der Waals surface area (Å²) >= 11 is 0. The fraction of sp³-hybridized carbons (Fsp3) is 0.176. The van der Waals surface area contributed by atoms with Crippen molar-refractivity contribution in [3.8, 4) is 6.07 Å². The SMILES string of the molecule is N#Cc1cccc(CN2c3ccccc3CC2C(=O)O)c1. The van der Waals surface area contributed by atoms with Crippen molar-refractivity contribution in [2.75, 3.05) is 4.90 Å². The number of aliphatic carboxylic acids is 1. The van der Waals surface area contributed by atoms with Crippen molar-refractivity contribution in [1.82, 2.24) is 0 Å². The second-order valence-corrected chi connectivity index (χ2v) is 5.13. The third-order valence-electron chi connectivity index (χ3n) is 3.78. The third-order valence-corrected chi connectivity index (χ3v) is 3.78. The normalized spacial score (nSPS) is 16.3. The molecule has 104 valence electrons. The predicted molar refractivity (Wildman–Crippen MR) is 78.9 cm³/mol. The lowest BCUT2D eigenvalue weighted by Gasteiger charge is -2.24. The van der Waals surface area contributed by atoms with Crippen LogP contribution in [-0.2, 0) is 17.8 Å². The van der Waals surface area contributed by atoms with Gasteiger partial charge in [0.25, 0.3) is 0 Å². The zero-order valence-electron chi connectivity index (χ0n) is 11.4. The van der Waals surface area contributed by atoms with Crippen LogP contribution in [0, 0.1) is 11.3 Å². The quantitative estimate of drug-likeness (QED) is 0.937. The number of carboxylic acids is 1. The van der Waals surface area contributed by atoms with E-state index in [4.69, 9.17) is 5.26 Å². The number of benzene rings is 2. The molecule has 0 radical (unpaired) electrons. The maximum Gasteiger partial charge on any atom is 0.326 e. The van der Waals surface area contributed by atoms with Gasteiger partial charge in [0.05, 0.1) is 11.6 Å². The summed E-state index contributed by atoms with van der Waals surface area (Å²) < 4.78 is 0. The molecule has 0 fully saturated rings. The lowest BCUT2D eigenvalue weighted by atomic mass is 10.1. The minimum absolute atomic E-state index is 0.490. The molecule has 0 saturated heterocycles. The minimum atomic E-state index is -0.817. The van der Waals surface area contributed by atoms with Gasteiger partial charge in [0.15, 0.2) is 0 Å². The van der Waals surface area contributed by atoms with E-state index in [1.807, 2.05) is 41.3 Å². The van der Waals surface area contributed by atoms with Gasteiger partial charge >= 0.3 is 5.97 Å². The van der Waals surface area contributed by atoms with Gasteiger partial charge in [0.2, 0.25) is 0 Å². The molecule has 0 aliphatic carbocycles. The van der Waals surface area contributed by atoms with Crippen LogP contribution in [0.5, 0.6) is 0 Å². The van der Waals surface area contributed by atoms with Gasteiger partial charge in [-0.15, -0.1) is 0 Å². The second kappa shape index (κ2) is 5.29. The average molecular weight is 278 g/mol. The van der Waals surface area contributed by atoms with E-state index in [0.717, 1.165) is 16.8 Å². The Hall–Kier alpha value is -2.80. The molecule has 1 aliphatic heterocycles. The Morgan fingerprint density at radius 3 is 2.86 bits per heavy atom. The fourth-order valence-corrected chi connectivity index (χ4v) is 2.80. The number of rotatable bonds is 3. The lowest BCUT2D eigenvalue weighted by molar-refractivity contribution is -0.138. The summed E-state index contributed by atoms with van der Waals surface area (Å²) in [4.78, 5) is 13.4. The highest BCUT2D eigenvalue weighted by molar-refractivity contribution is 5.82. The van der Waals surface area contributed by atoms with Gasteiger partial charge in [0, 0.05) is 18.7 Å². The molecule has 1 aliphatic rings. The van der Waals surface area contributed by atoms with Crippen LogP contribution >= 0.6 is 0 Å². The Morgan fingerprint density at radius 1 is 1.29 bits per heavy atom. The van der Waals surface area contributed by atoms with Crippen molar-refractivity contribution in [3.63, 3.8) is 0 Å². The highest BCUT2D eigenvalue weighted by Gasteiger charge is 2.33. The van der Waals surface area contributed by atoms with Crippen molar-refractivity contribution in [2.45, 2.75) is 19.0 Å². The van der Waals surface area contributed by atoms with Crippen LogP contribution in [0.2, 0.25) is 0 Å². The number of fused-ring (bicyclic) bond motifs is 1. The Kier molecular flexibility index (Phi) is 3.33. The van der Waals surface area contributed by atoms with Crippen LogP contribution in [0.25, 0.3) is 0 Å². The molecule has 2 aromatic rings. The first kappa shape index (κ1) is 13.2. The molecule has 2 aromatic carbocycles. The molecule has 4 nitrogen and oxygen atoms in total. The van der Waals surface area contributed by atoms with E-state index in [0.29, 0.717) is 18.5 Å². The molecule has 21 heavy (non-hydrogen) atoms. The minimum Gasteiger partial charge on any atom is -0.480 e. The molecule has 0 saturated carbocycles. The Morgan fingerprint density at radius 2 is 2.10 bits per heavy atom. The molecule has 1 unspecified atom stereocenters. The Balaban J connectivity index is 1.95. The van der Waals surface area contributed by atoms with Gasteiger partial charge in [-0.05, 0) is 29.3 Å². The van der Waals surface area contributed by atoms with Gasteiger partial charge < -0.3 is 10.0 Å². The molecule has 1 N–H and O–H groups in total. The van der Waals surface area contributed by atoms with Crippen molar-refractivity contribution in [2.24, 2.45) is 0 Å². The van der Waals surface area contributed by atoms with Crippen LogP contribution in [0.4, 0.5) is 5.69 Å². The molecular weight excluding hydrogens is 264 g/mol. The molecule has 1 heterocycles. The summed E-state index contributed by atoms with van der Waals surface area (Å²) in [6.45, 7) is 0.490. The van der Waals surface area contributed by atoms with E-state index in [1.54, 1.807) is 12.1 Å². The zero-order valence-corrected chi connectivity index (χ0v) is 11.4. The van der Waals surface area contributed by atoms with Crippen LogP contribution in [0.3, 0.4) is 0 Å². The average Bonchev–Trinajstić information content (AvgIpc) is 2.87. The molecule has 0 aromatic heterocycles. The number of carbonyl (C=O) groups is 1. The van der Waals surface area contributed by atoms with Crippen molar-refractivity contribution in [3.05, 3.63) is 65.2 Å². The predicted octanol–water partition coefficient (Wildman–Crippen LogP) is 2.57. The van der Waals surface area contributed by atoms with Gasteiger partial charge in [0.1, 0.15) is 6.04 Å². The summed E-state index contributed by atoms with van der Waals surface area (Å²) in [5.74, 6) is -0.817. The summed E-state index contributed by atoms with van der Waals surface area (Å²) in [5, 5.41) is 18.4. The van der Waals surface area contributed by atoms with Gasteiger partial charge in [-0.25, -0.2) is 4.79 Å². The zero-order chi connectivity index (χ0) is 14.8. The molecule has 1 atom stereocenters. The summed E-state index contributed by atoms with van der Waals surface area (Å²) in [7, 11) is 0. The summed E-state index contributed by atoms with van der Waals surface area (Å²) in [6, 6.07) is 16.6. The van der Waals surface area contributed by atoms with E-state index in [1.165, 1.54) is 0 Å².